The molecule has 4 N–H and O–H groups in total. The van der Waals surface area contributed by atoms with Crippen LogP contribution in [0.3, 0.4) is 0 Å². The second-order valence-corrected chi connectivity index (χ2v) is 8.84. The first-order chi connectivity index (χ1) is 15.8. The van der Waals surface area contributed by atoms with Crippen LogP contribution in [0.25, 0.3) is 22.4 Å². The normalized spacial score (nSPS) is 18.2. The molecule has 1 fully saturated rings. The summed E-state index contributed by atoms with van der Waals surface area (Å²) in [5.74, 6) is -0.247. The molecule has 0 bridgehead atoms. The number of aliphatic hydroxyl groups excluding tert-OH is 1. The third kappa shape index (κ3) is 3.70. The zero-order chi connectivity index (χ0) is 23.3. The van der Waals surface area contributed by atoms with E-state index in [1.54, 1.807) is 25.1 Å². The summed E-state index contributed by atoms with van der Waals surface area (Å²) in [6, 6.07) is 4.87. The number of pyridine rings is 1. The van der Waals surface area contributed by atoms with E-state index in [1.807, 2.05) is 7.05 Å². The molecule has 172 valence electrons. The average Bonchev–Trinajstić information content (AvgIpc) is 3.30. The minimum absolute atomic E-state index is 0.0964. The Hall–Kier alpha value is -3.50. The Kier molecular flexibility index (Phi) is 5.26. The third-order valence-electron chi connectivity index (χ3n) is 6.36. The van der Waals surface area contributed by atoms with E-state index in [2.05, 4.69) is 25.2 Å². The number of nitrogens with one attached hydrogen (secondary N) is 3. The summed E-state index contributed by atoms with van der Waals surface area (Å²) in [6.07, 6.45) is 2.45. The molecule has 2 aromatic heterocycles. The number of amides is 2. The van der Waals surface area contributed by atoms with Crippen molar-refractivity contribution in [1.29, 1.82) is 0 Å². The van der Waals surface area contributed by atoms with Gasteiger partial charge in [0.05, 0.1) is 34.0 Å². The molecule has 10 nitrogen and oxygen atoms in total. The van der Waals surface area contributed by atoms with E-state index >= 15 is 0 Å². The largest absolute Gasteiger partial charge is 0.392 e. The summed E-state index contributed by atoms with van der Waals surface area (Å²) < 4.78 is 0. The summed E-state index contributed by atoms with van der Waals surface area (Å²) in [4.78, 5) is 52.7. The van der Waals surface area contributed by atoms with Crippen LogP contribution in [-0.2, 0) is 0 Å². The molecule has 0 spiro atoms. The van der Waals surface area contributed by atoms with E-state index < -0.39 is 6.10 Å². The van der Waals surface area contributed by atoms with Crippen molar-refractivity contribution in [3.05, 3.63) is 45.9 Å². The number of nitrogens with zero attached hydrogens (tertiary/aromatic N) is 3. The minimum Gasteiger partial charge on any atom is -0.392 e. The van der Waals surface area contributed by atoms with Gasteiger partial charge in [-0.05, 0) is 58.1 Å². The molecule has 2 aliphatic heterocycles. The molecule has 0 radical (unpaired) electrons. The maximum absolute atomic E-state index is 13.1. The van der Waals surface area contributed by atoms with Crippen LogP contribution in [0.5, 0.6) is 0 Å². The number of aromatic amines is 2. The average molecular weight is 450 g/mol. The summed E-state index contributed by atoms with van der Waals surface area (Å²) in [5, 5.41) is 12.6. The number of imide groups is 1. The number of hydrogen-bond acceptors (Lipinski definition) is 7. The molecule has 10 heteroatoms. The van der Waals surface area contributed by atoms with Gasteiger partial charge in [-0.2, -0.15) is 0 Å². The van der Waals surface area contributed by atoms with Gasteiger partial charge in [-0.3, -0.25) is 19.3 Å². The molecular formula is C23H26N6O4. The second kappa shape index (κ2) is 8.13. The zero-order valence-electron chi connectivity index (χ0n) is 18.5. The van der Waals surface area contributed by atoms with Gasteiger partial charge in [0.1, 0.15) is 11.4 Å². The first-order valence-electron chi connectivity index (χ1n) is 11.1. The number of carbonyl (C=O) groups is 2. The number of carbonyl (C=O) groups excluding carboxylic acids is 2. The van der Waals surface area contributed by atoms with Gasteiger partial charge in [-0.15, -0.1) is 0 Å². The quantitative estimate of drug-likeness (QED) is 0.432. The smallest absolute Gasteiger partial charge is 0.261 e. The fourth-order valence-electron chi connectivity index (χ4n) is 4.58. The number of H-pyrrole nitrogens is 2. The summed E-state index contributed by atoms with van der Waals surface area (Å²) in [6.45, 7) is 3.61. The molecule has 5 rings (SSSR count). The maximum atomic E-state index is 13.1. The highest BCUT2D eigenvalue weighted by Crippen LogP contribution is 2.32. The Balaban J connectivity index is 1.51. The summed E-state index contributed by atoms with van der Waals surface area (Å²) in [5.41, 5.74) is 2.24. The number of piperidine rings is 1. The number of benzene rings is 1. The number of anilines is 1. The lowest BCUT2D eigenvalue weighted by molar-refractivity contribution is 0.0516. The minimum atomic E-state index is -0.597. The van der Waals surface area contributed by atoms with Crippen molar-refractivity contribution in [2.75, 3.05) is 32.0 Å². The van der Waals surface area contributed by atoms with Crippen LogP contribution in [0, 0.1) is 0 Å². The Labute approximate surface area is 189 Å². The van der Waals surface area contributed by atoms with Crippen molar-refractivity contribution in [2.24, 2.45) is 0 Å². The highest BCUT2D eigenvalue weighted by molar-refractivity contribution is 6.23. The molecule has 4 heterocycles. The van der Waals surface area contributed by atoms with E-state index in [-0.39, 0.29) is 30.0 Å². The molecule has 0 unspecified atom stereocenters. The monoisotopic (exact) mass is 450 g/mol. The van der Waals surface area contributed by atoms with Crippen molar-refractivity contribution in [1.82, 2.24) is 24.8 Å². The molecule has 2 amide bonds. The van der Waals surface area contributed by atoms with Crippen LogP contribution < -0.4 is 10.9 Å². The third-order valence-corrected chi connectivity index (χ3v) is 6.36. The van der Waals surface area contributed by atoms with E-state index in [9.17, 15) is 19.5 Å². The molecule has 1 aromatic carbocycles. The van der Waals surface area contributed by atoms with E-state index in [0.29, 0.717) is 39.2 Å². The van der Waals surface area contributed by atoms with Crippen molar-refractivity contribution in [3.63, 3.8) is 0 Å². The van der Waals surface area contributed by atoms with Crippen molar-refractivity contribution in [3.8, 4) is 11.4 Å². The Morgan fingerprint density at radius 3 is 2.58 bits per heavy atom. The lowest BCUT2D eigenvalue weighted by atomic mass is 10.0. The van der Waals surface area contributed by atoms with Crippen molar-refractivity contribution < 1.29 is 14.7 Å². The summed E-state index contributed by atoms with van der Waals surface area (Å²) >= 11 is 0. The van der Waals surface area contributed by atoms with Gasteiger partial charge < -0.3 is 25.3 Å². The SMILES string of the molecule is C[C@H](O)CNc1cc[nH]c(=O)c1-c1nc2cc3c(cc2[nH]1)C(=O)N(C1CCN(C)CC1)C3=O. The molecule has 1 saturated heterocycles. The fourth-order valence-corrected chi connectivity index (χ4v) is 4.58. The number of aliphatic hydroxyl groups is 1. The lowest BCUT2D eigenvalue weighted by Gasteiger charge is -2.33. The van der Waals surface area contributed by atoms with Crippen LogP contribution in [0.1, 0.15) is 40.5 Å². The second-order valence-electron chi connectivity index (χ2n) is 8.84. The number of imidazole rings is 1. The van der Waals surface area contributed by atoms with E-state index in [0.717, 1.165) is 25.9 Å². The Morgan fingerprint density at radius 2 is 1.88 bits per heavy atom. The first-order valence-corrected chi connectivity index (χ1v) is 11.1. The molecular weight excluding hydrogens is 424 g/mol. The van der Waals surface area contributed by atoms with Gasteiger partial charge in [0, 0.05) is 18.8 Å². The van der Waals surface area contributed by atoms with Crippen molar-refractivity contribution in [2.45, 2.75) is 31.9 Å². The predicted octanol–water partition coefficient (Wildman–Crippen LogP) is 1.40. The highest BCUT2D eigenvalue weighted by atomic mass is 16.3. The topological polar surface area (TPSA) is 134 Å². The molecule has 0 saturated carbocycles. The van der Waals surface area contributed by atoms with Crippen molar-refractivity contribution >= 4 is 28.5 Å². The van der Waals surface area contributed by atoms with Gasteiger partial charge in [-0.25, -0.2) is 4.98 Å². The number of aromatic nitrogens is 3. The van der Waals surface area contributed by atoms with E-state index in [4.69, 9.17) is 0 Å². The molecule has 3 aromatic rings. The standard InChI is InChI=1S/C23H26N6O4/c1-12(30)11-25-16-3-6-24-21(31)19(16)20-26-17-9-14-15(10-18(17)27-20)23(33)29(22(14)32)13-4-7-28(2)8-5-13/h3,6,9-10,12-13,30H,4-5,7-8,11H2,1-2H3,(H,26,27)(H2,24,25,31)/t12-/m0/s1. The van der Waals surface area contributed by atoms with Gasteiger partial charge >= 0.3 is 0 Å². The molecule has 0 aliphatic carbocycles. The van der Waals surface area contributed by atoms with Gasteiger partial charge in [0.15, 0.2) is 0 Å². The molecule has 1 atom stereocenters. The van der Waals surface area contributed by atoms with Gasteiger partial charge in [0.25, 0.3) is 17.4 Å². The van der Waals surface area contributed by atoms with Gasteiger partial charge in [-0.1, -0.05) is 0 Å². The number of rotatable bonds is 5. The number of hydrogen-bond donors (Lipinski definition) is 4. The first kappa shape index (κ1) is 21.4. The van der Waals surface area contributed by atoms with Crippen LogP contribution >= 0.6 is 0 Å². The van der Waals surface area contributed by atoms with Crippen LogP contribution in [0.15, 0.2) is 29.2 Å². The van der Waals surface area contributed by atoms with Crippen LogP contribution in [0.4, 0.5) is 5.69 Å². The number of fused-ring (bicyclic) bond motifs is 2. The highest BCUT2D eigenvalue weighted by Gasteiger charge is 2.41. The van der Waals surface area contributed by atoms with E-state index in [1.165, 1.54) is 11.1 Å². The predicted molar refractivity (Wildman–Crippen MR) is 123 cm³/mol. The van der Waals surface area contributed by atoms with Gasteiger partial charge in [0.2, 0.25) is 0 Å². The lowest BCUT2D eigenvalue weighted by Crippen LogP contribution is -2.46. The van der Waals surface area contributed by atoms with Crippen LogP contribution in [-0.4, -0.2) is 80.5 Å². The zero-order valence-corrected chi connectivity index (χ0v) is 18.5. The molecule has 33 heavy (non-hydrogen) atoms. The van der Waals surface area contributed by atoms with Crippen LogP contribution in [0.2, 0.25) is 0 Å². The molecule has 2 aliphatic rings. The summed E-state index contributed by atoms with van der Waals surface area (Å²) in [7, 11) is 2.04. The maximum Gasteiger partial charge on any atom is 0.261 e. The Bertz CT molecular complexity index is 1250. The number of likely N-dealkylation sites (tertiary alicyclic amines) is 1. The Morgan fingerprint density at radius 1 is 1.18 bits per heavy atom. The fraction of sp³-hybridized carbons (Fsp3) is 0.391.